The van der Waals surface area contributed by atoms with Crippen molar-refractivity contribution in [1.82, 2.24) is 5.32 Å². The van der Waals surface area contributed by atoms with Crippen molar-refractivity contribution >= 4 is 67.6 Å². The van der Waals surface area contributed by atoms with Gasteiger partial charge < -0.3 is 14.2 Å². The summed E-state index contributed by atoms with van der Waals surface area (Å²) in [5, 5.41) is 4.84. The summed E-state index contributed by atoms with van der Waals surface area (Å²) >= 11 is 8.90. The normalized spacial score (nSPS) is 14.4. The van der Waals surface area contributed by atoms with Gasteiger partial charge in [-0.05, 0) is 87.3 Å². The Morgan fingerprint density at radius 2 is 1.75 bits per heavy atom. The molecule has 5 rings (SSSR count). The van der Waals surface area contributed by atoms with E-state index in [1.807, 2.05) is 31.2 Å². The molecule has 0 aromatic heterocycles. The standard InChI is InChI=1S/C31H25BrN2O5S/c1-3-38-23-12-7-11-22(17-23)34-30(36)25(29(35)33-31(34)40)14-19-15-26(32)28(27(16-19)37-2)39-18-21-10-6-9-20-8-4-5-13-24(20)21/h4-17H,3,18H2,1-2H3,(H,33,35,40)/b25-14-. The van der Waals surface area contributed by atoms with Crippen LogP contribution in [0, 0.1) is 0 Å². The van der Waals surface area contributed by atoms with Crippen LogP contribution in [0.25, 0.3) is 16.8 Å². The Kier molecular flexibility index (Phi) is 8.14. The van der Waals surface area contributed by atoms with Crippen LogP contribution < -0.4 is 24.4 Å². The Morgan fingerprint density at radius 1 is 0.975 bits per heavy atom. The first-order chi connectivity index (χ1) is 19.4. The van der Waals surface area contributed by atoms with E-state index in [1.165, 1.54) is 18.1 Å². The van der Waals surface area contributed by atoms with E-state index in [2.05, 4.69) is 39.4 Å². The van der Waals surface area contributed by atoms with Gasteiger partial charge in [-0.25, -0.2) is 0 Å². The molecule has 40 heavy (non-hydrogen) atoms. The number of anilines is 1. The van der Waals surface area contributed by atoms with Crippen molar-refractivity contribution in [2.24, 2.45) is 0 Å². The zero-order valence-corrected chi connectivity index (χ0v) is 24.2. The van der Waals surface area contributed by atoms with Gasteiger partial charge in [-0.15, -0.1) is 0 Å². The van der Waals surface area contributed by atoms with E-state index in [1.54, 1.807) is 36.4 Å². The SMILES string of the molecule is CCOc1cccc(N2C(=O)/C(=C\c3cc(Br)c(OCc4cccc5ccccc45)c(OC)c3)C(=O)NC2=S)c1. The average molecular weight is 618 g/mol. The first-order valence-electron chi connectivity index (χ1n) is 12.5. The van der Waals surface area contributed by atoms with Crippen LogP contribution in [-0.4, -0.2) is 30.6 Å². The van der Waals surface area contributed by atoms with E-state index >= 15 is 0 Å². The summed E-state index contributed by atoms with van der Waals surface area (Å²) in [5.41, 5.74) is 2.01. The number of nitrogens with zero attached hydrogens (tertiary/aromatic N) is 1. The Hall–Kier alpha value is -4.21. The third kappa shape index (κ3) is 5.57. The third-order valence-electron chi connectivity index (χ3n) is 6.30. The van der Waals surface area contributed by atoms with Gasteiger partial charge in [0.05, 0.1) is 23.9 Å². The van der Waals surface area contributed by atoms with Crippen LogP contribution >= 0.6 is 28.1 Å². The quantitative estimate of drug-likeness (QED) is 0.140. The van der Waals surface area contributed by atoms with Gasteiger partial charge in [0.25, 0.3) is 11.8 Å². The number of methoxy groups -OCH3 is 1. The molecule has 202 valence electrons. The van der Waals surface area contributed by atoms with Crippen molar-refractivity contribution in [3.63, 3.8) is 0 Å². The number of carbonyl (C=O) groups excluding carboxylic acids is 2. The van der Waals surface area contributed by atoms with E-state index in [9.17, 15) is 9.59 Å². The van der Waals surface area contributed by atoms with Crippen LogP contribution in [-0.2, 0) is 16.2 Å². The highest BCUT2D eigenvalue weighted by Crippen LogP contribution is 2.38. The van der Waals surface area contributed by atoms with Gasteiger partial charge in [0.15, 0.2) is 16.6 Å². The smallest absolute Gasteiger partial charge is 0.270 e. The minimum atomic E-state index is -0.585. The van der Waals surface area contributed by atoms with E-state index in [0.717, 1.165) is 16.3 Å². The minimum Gasteiger partial charge on any atom is -0.494 e. The Balaban J connectivity index is 1.44. The van der Waals surface area contributed by atoms with Crippen molar-refractivity contribution < 1.29 is 23.8 Å². The number of rotatable bonds is 8. The fraction of sp³-hybridized carbons (Fsp3) is 0.129. The van der Waals surface area contributed by atoms with Gasteiger partial charge in [0, 0.05) is 6.07 Å². The Labute approximate surface area is 245 Å². The lowest BCUT2D eigenvalue weighted by Gasteiger charge is -2.29. The summed E-state index contributed by atoms with van der Waals surface area (Å²) in [6.45, 7) is 2.67. The van der Waals surface area contributed by atoms with Crippen LogP contribution in [0.4, 0.5) is 5.69 Å². The summed E-state index contributed by atoms with van der Waals surface area (Å²) in [6, 6.07) is 24.6. The number of ether oxygens (including phenoxy) is 3. The summed E-state index contributed by atoms with van der Waals surface area (Å²) in [6.07, 6.45) is 1.50. The highest BCUT2D eigenvalue weighted by atomic mass is 79.9. The molecule has 0 unspecified atom stereocenters. The molecule has 4 aromatic carbocycles. The molecule has 0 saturated carbocycles. The highest BCUT2D eigenvalue weighted by Gasteiger charge is 2.34. The molecule has 1 fully saturated rings. The number of nitrogens with one attached hydrogen (secondary N) is 1. The molecule has 1 N–H and O–H groups in total. The minimum absolute atomic E-state index is 0.00302. The number of hydrogen-bond donors (Lipinski definition) is 1. The maximum absolute atomic E-state index is 13.5. The van der Waals surface area contributed by atoms with Crippen molar-refractivity contribution in [1.29, 1.82) is 0 Å². The second kappa shape index (κ2) is 11.9. The second-order valence-electron chi connectivity index (χ2n) is 8.85. The van der Waals surface area contributed by atoms with Gasteiger partial charge in [0.1, 0.15) is 17.9 Å². The monoisotopic (exact) mass is 616 g/mol. The second-order valence-corrected chi connectivity index (χ2v) is 10.1. The Morgan fingerprint density at radius 3 is 2.55 bits per heavy atom. The summed E-state index contributed by atoms with van der Waals surface area (Å²) in [4.78, 5) is 27.6. The van der Waals surface area contributed by atoms with Crippen LogP contribution in [0.5, 0.6) is 17.2 Å². The van der Waals surface area contributed by atoms with Gasteiger partial charge in [0.2, 0.25) is 0 Å². The van der Waals surface area contributed by atoms with E-state index in [0.29, 0.717) is 46.2 Å². The summed E-state index contributed by atoms with van der Waals surface area (Å²) < 4.78 is 18.0. The molecule has 0 bridgehead atoms. The van der Waals surface area contributed by atoms with E-state index in [-0.39, 0.29) is 10.7 Å². The fourth-order valence-electron chi connectivity index (χ4n) is 4.47. The zero-order chi connectivity index (χ0) is 28.2. The van der Waals surface area contributed by atoms with Gasteiger partial charge >= 0.3 is 0 Å². The molecule has 2 amide bonds. The van der Waals surface area contributed by atoms with Gasteiger partial charge in [-0.1, -0.05) is 48.5 Å². The van der Waals surface area contributed by atoms with Gasteiger partial charge in [-0.2, -0.15) is 0 Å². The van der Waals surface area contributed by atoms with E-state index in [4.69, 9.17) is 26.4 Å². The average Bonchev–Trinajstić information content (AvgIpc) is 2.95. The number of amides is 2. The lowest BCUT2D eigenvalue weighted by atomic mass is 10.1. The fourth-order valence-corrected chi connectivity index (χ4v) is 5.32. The largest absolute Gasteiger partial charge is 0.494 e. The molecule has 0 atom stereocenters. The van der Waals surface area contributed by atoms with E-state index < -0.39 is 11.8 Å². The van der Waals surface area contributed by atoms with Gasteiger partial charge in [-0.3, -0.25) is 19.8 Å². The molecule has 1 heterocycles. The molecule has 0 radical (unpaired) electrons. The highest BCUT2D eigenvalue weighted by molar-refractivity contribution is 9.10. The van der Waals surface area contributed by atoms with Crippen molar-refractivity contribution in [2.75, 3.05) is 18.6 Å². The molecule has 1 saturated heterocycles. The number of carbonyl (C=O) groups is 2. The van der Waals surface area contributed by atoms with Crippen molar-refractivity contribution in [2.45, 2.75) is 13.5 Å². The predicted molar refractivity (Wildman–Crippen MR) is 163 cm³/mol. The zero-order valence-electron chi connectivity index (χ0n) is 21.8. The van der Waals surface area contributed by atoms with Crippen LogP contribution in [0.15, 0.2) is 88.9 Å². The third-order valence-corrected chi connectivity index (χ3v) is 7.18. The molecule has 0 aliphatic carbocycles. The molecular formula is C31H25BrN2O5S. The number of hydrogen-bond acceptors (Lipinski definition) is 6. The summed E-state index contributed by atoms with van der Waals surface area (Å²) in [5.74, 6) is 0.410. The maximum atomic E-state index is 13.5. The maximum Gasteiger partial charge on any atom is 0.270 e. The molecule has 1 aliphatic rings. The van der Waals surface area contributed by atoms with Crippen molar-refractivity contribution in [3.8, 4) is 17.2 Å². The molecule has 1 aliphatic heterocycles. The van der Waals surface area contributed by atoms with Crippen LogP contribution in [0.1, 0.15) is 18.1 Å². The molecule has 9 heteroatoms. The first kappa shape index (κ1) is 27.4. The lowest BCUT2D eigenvalue weighted by Crippen LogP contribution is -2.54. The molecular weight excluding hydrogens is 592 g/mol. The topological polar surface area (TPSA) is 77.1 Å². The number of fused-ring (bicyclic) bond motifs is 1. The number of halogens is 1. The number of benzene rings is 4. The predicted octanol–water partition coefficient (Wildman–Crippen LogP) is 6.42. The number of thiocarbonyl (C=S) groups is 1. The molecule has 4 aromatic rings. The first-order valence-corrected chi connectivity index (χ1v) is 13.7. The summed E-state index contributed by atoms with van der Waals surface area (Å²) in [7, 11) is 1.54. The van der Waals surface area contributed by atoms with Crippen LogP contribution in [0.2, 0.25) is 0 Å². The molecule has 0 spiro atoms. The lowest BCUT2D eigenvalue weighted by molar-refractivity contribution is -0.122. The molecule has 7 nitrogen and oxygen atoms in total. The Bertz CT molecular complexity index is 1660. The van der Waals surface area contributed by atoms with Crippen molar-refractivity contribution in [3.05, 3.63) is 100 Å². The van der Waals surface area contributed by atoms with Crippen LogP contribution in [0.3, 0.4) is 0 Å².